The predicted molar refractivity (Wildman–Crippen MR) is 67.3 cm³/mol. The van der Waals surface area contributed by atoms with Crippen molar-refractivity contribution in [3.05, 3.63) is 0 Å². The zero-order valence-corrected chi connectivity index (χ0v) is 11.3. The van der Waals surface area contributed by atoms with Gasteiger partial charge in [-0.3, -0.25) is 4.79 Å². The Kier molecular flexibility index (Phi) is 4.55. The molecule has 3 N–H and O–H groups in total. The molecule has 0 aromatic heterocycles. The fourth-order valence-corrected chi connectivity index (χ4v) is 2.54. The van der Waals surface area contributed by atoms with Crippen LogP contribution in [0.3, 0.4) is 0 Å². The van der Waals surface area contributed by atoms with Crippen LogP contribution in [0, 0.1) is 5.41 Å². The lowest BCUT2D eigenvalue weighted by Crippen LogP contribution is -2.47. The molecule has 6 heteroatoms. The van der Waals surface area contributed by atoms with Gasteiger partial charge in [-0.25, -0.2) is 8.42 Å². The van der Waals surface area contributed by atoms with Crippen molar-refractivity contribution in [2.75, 3.05) is 18.6 Å². The van der Waals surface area contributed by atoms with Gasteiger partial charge in [0.05, 0.1) is 11.8 Å². The molecule has 1 amide bonds. The van der Waals surface area contributed by atoms with E-state index in [0.717, 1.165) is 19.1 Å². The fraction of sp³-hybridized carbons (Fsp3) is 0.909. The molecule has 0 saturated heterocycles. The zero-order chi connectivity index (χ0) is 13.1. The summed E-state index contributed by atoms with van der Waals surface area (Å²) in [6.45, 7) is 2.78. The van der Waals surface area contributed by atoms with E-state index < -0.39 is 15.9 Å². The highest BCUT2D eigenvalue weighted by atomic mass is 32.2. The Balaban J connectivity index is 2.27. The second kappa shape index (κ2) is 5.35. The lowest BCUT2D eigenvalue weighted by molar-refractivity contribution is -0.123. The molecule has 1 aliphatic rings. The van der Waals surface area contributed by atoms with E-state index in [1.54, 1.807) is 0 Å². The van der Waals surface area contributed by atoms with Crippen LogP contribution in [0.15, 0.2) is 0 Å². The van der Waals surface area contributed by atoms with Crippen molar-refractivity contribution in [1.29, 1.82) is 0 Å². The van der Waals surface area contributed by atoms with Crippen molar-refractivity contribution < 1.29 is 13.2 Å². The van der Waals surface area contributed by atoms with E-state index in [1.165, 1.54) is 6.42 Å². The van der Waals surface area contributed by atoms with Crippen molar-refractivity contribution in [1.82, 2.24) is 5.32 Å². The largest absolute Gasteiger partial charge is 0.354 e. The summed E-state index contributed by atoms with van der Waals surface area (Å²) < 4.78 is 21.9. The molecular formula is C11H22N2O3S. The van der Waals surface area contributed by atoms with E-state index in [0.29, 0.717) is 6.54 Å². The van der Waals surface area contributed by atoms with Crippen LogP contribution in [-0.4, -0.2) is 38.9 Å². The molecular weight excluding hydrogens is 240 g/mol. The van der Waals surface area contributed by atoms with Crippen LogP contribution < -0.4 is 11.1 Å². The van der Waals surface area contributed by atoms with Gasteiger partial charge >= 0.3 is 0 Å². The molecule has 100 valence electrons. The Morgan fingerprint density at radius 2 is 2.06 bits per heavy atom. The molecule has 17 heavy (non-hydrogen) atoms. The molecule has 1 saturated carbocycles. The molecule has 5 nitrogen and oxygen atoms in total. The Labute approximate surface area is 103 Å². The van der Waals surface area contributed by atoms with E-state index in [4.69, 9.17) is 5.73 Å². The summed E-state index contributed by atoms with van der Waals surface area (Å²) in [5.74, 6) is -0.291. The number of hydrogen-bond donors (Lipinski definition) is 2. The molecule has 1 fully saturated rings. The molecule has 0 aromatic rings. The average molecular weight is 262 g/mol. The lowest BCUT2D eigenvalue weighted by atomic mass is 9.70. The van der Waals surface area contributed by atoms with Crippen LogP contribution >= 0.6 is 0 Å². The smallest absolute Gasteiger partial charge is 0.236 e. The number of carbonyl (C=O) groups excluding carboxylic acids is 1. The van der Waals surface area contributed by atoms with Gasteiger partial charge in [0.15, 0.2) is 0 Å². The van der Waals surface area contributed by atoms with Crippen molar-refractivity contribution in [2.45, 2.75) is 38.6 Å². The number of nitrogens with two attached hydrogens (primary N) is 1. The second-order valence-electron chi connectivity index (χ2n) is 5.41. The van der Waals surface area contributed by atoms with Gasteiger partial charge in [0, 0.05) is 12.8 Å². The van der Waals surface area contributed by atoms with Crippen molar-refractivity contribution in [3.8, 4) is 0 Å². The Morgan fingerprint density at radius 3 is 2.47 bits per heavy atom. The van der Waals surface area contributed by atoms with Gasteiger partial charge in [-0.2, -0.15) is 0 Å². The first-order chi connectivity index (χ1) is 7.72. The first kappa shape index (κ1) is 14.4. The summed E-state index contributed by atoms with van der Waals surface area (Å²) in [5, 5.41) is 2.80. The highest BCUT2D eigenvalue weighted by molar-refractivity contribution is 7.90. The van der Waals surface area contributed by atoms with Crippen LogP contribution in [0.25, 0.3) is 0 Å². The SMILES string of the molecule is CC1(CNC(=O)C(N)CCS(C)(=O)=O)CCC1. The molecule has 1 aliphatic carbocycles. The van der Waals surface area contributed by atoms with Gasteiger partial charge < -0.3 is 11.1 Å². The first-order valence-electron chi connectivity index (χ1n) is 5.93. The van der Waals surface area contributed by atoms with Crippen LogP contribution in [-0.2, 0) is 14.6 Å². The molecule has 0 aliphatic heterocycles. The maximum atomic E-state index is 11.6. The fourth-order valence-electron chi connectivity index (χ4n) is 1.86. The molecule has 0 radical (unpaired) electrons. The third-order valence-electron chi connectivity index (χ3n) is 3.39. The number of sulfone groups is 1. The maximum absolute atomic E-state index is 11.6. The van der Waals surface area contributed by atoms with Gasteiger partial charge in [-0.1, -0.05) is 13.3 Å². The first-order valence-corrected chi connectivity index (χ1v) is 7.99. The standard InChI is InChI=1S/C11H22N2O3S/c1-11(5-3-6-11)8-13-10(14)9(12)4-7-17(2,15)16/h9H,3-8,12H2,1-2H3,(H,13,14). The third kappa shape index (κ3) is 5.04. The minimum absolute atomic E-state index is 0.0428. The van der Waals surface area contributed by atoms with Gasteiger partial charge in [0.2, 0.25) is 5.91 Å². The minimum Gasteiger partial charge on any atom is -0.354 e. The summed E-state index contributed by atoms with van der Waals surface area (Å²) in [5.41, 5.74) is 5.85. The number of rotatable bonds is 6. The summed E-state index contributed by atoms with van der Waals surface area (Å²) in [6, 6.07) is -0.728. The number of hydrogen-bond acceptors (Lipinski definition) is 4. The van der Waals surface area contributed by atoms with E-state index in [1.807, 2.05) is 0 Å². The Bertz CT molecular complexity index is 374. The monoisotopic (exact) mass is 262 g/mol. The van der Waals surface area contributed by atoms with Crippen LogP contribution in [0.5, 0.6) is 0 Å². The number of nitrogens with one attached hydrogen (secondary N) is 1. The van der Waals surface area contributed by atoms with Gasteiger partial charge in [-0.15, -0.1) is 0 Å². The zero-order valence-electron chi connectivity index (χ0n) is 10.5. The summed E-state index contributed by atoms with van der Waals surface area (Å²) >= 11 is 0. The topological polar surface area (TPSA) is 89.3 Å². The van der Waals surface area contributed by atoms with E-state index in [9.17, 15) is 13.2 Å². The highest BCUT2D eigenvalue weighted by Gasteiger charge is 2.32. The van der Waals surface area contributed by atoms with Gasteiger partial charge in [0.25, 0.3) is 0 Å². The van der Waals surface area contributed by atoms with Crippen molar-refractivity contribution in [2.24, 2.45) is 11.1 Å². The molecule has 0 spiro atoms. The maximum Gasteiger partial charge on any atom is 0.236 e. The van der Waals surface area contributed by atoms with E-state index in [2.05, 4.69) is 12.2 Å². The van der Waals surface area contributed by atoms with Crippen LogP contribution in [0.4, 0.5) is 0 Å². The normalized spacial score (nSPS) is 20.4. The molecule has 1 atom stereocenters. The third-order valence-corrected chi connectivity index (χ3v) is 4.36. The van der Waals surface area contributed by atoms with Crippen LogP contribution in [0.2, 0.25) is 0 Å². The Hall–Kier alpha value is -0.620. The van der Waals surface area contributed by atoms with E-state index in [-0.39, 0.29) is 23.5 Å². The van der Waals surface area contributed by atoms with E-state index >= 15 is 0 Å². The van der Waals surface area contributed by atoms with Crippen molar-refractivity contribution >= 4 is 15.7 Å². The van der Waals surface area contributed by atoms with Crippen LogP contribution in [0.1, 0.15) is 32.6 Å². The quantitative estimate of drug-likeness (QED) is 0.708. The van der Waals surface area contributed by atoms with Gasteiger partial charge in [0.1, 0.15) is 9.84 Å². The molecule has 0 heterocycles. The number of carbonyl (C=O) groups is 1. The number of amides is 1. The van der Waals surface area contributed by atoms with Crippen molar-refractivity contribution in [3.63, 3.8) is 0 Å². The molecule has 1 rings (SSSR count). The van der Waals surface area contributed by atoms with Gasteiger partial charge in [-0.05, 0) is 24.7 Å². The lowest BCUT2D eigenvalue weighted by Gasteiger charge is -2.38. The highest BCUT2D eigenvalue weighted by Crippen LogP contribution is 2.39. The second-order valence-corrected chi connectivity index (χ2v) is 7.67. The Morgan fingerprint density at radius 1 is 1.47 bits per heavy atom. The summed E-state index contributed by atoms with van der Waals surface area (Å²) in [6.07, 6.45) is 4.80. The summed E-state index contributed by atoms with van der Waals surface area (Å²) in [4.78, 5) is 11.6. The summed E-state index contributed by atoms with van der Waals surface area (Å²) in [7, 11) is -3.05. The minimum atomic E-state index is -3.05. The molecule has 0 aromatic carbocycles. The molecule has 0 bridgehead atoms. The average Bonchev–Trinajstić information content (AvgIpc) is 2.18. The molecule has 1 unspecified atom stereocenters. The predicted octanol–water partition coefficient (Wildman–Crippen LogP) is 0.0548.